The minimum Gasteiger partial charge on any atom is -0.398 e. The highest BCUT2D eigenvalue weighted by Gasteiger charge is 2.32. The SMILES string of the molecule is Nc1cc(Cl)cc(Cl)c1S(=O)(=O)N1CCn2cnnc2C1. The molecule has 2 heterocycles. The second kappa shape index (κ2) is 5.13. The lowest BCUT2D eigenvalue weighted by Crippen LogP contribution is -2.38. The number of nitrogens with two attached hydrogens (primary N) is 1. The lowest BCUT2D eigenvalue weighted by molar-refractivity contribution is 0.335. The summed E-state index contributed by atoms with van der Waals surface area (Å²) in [5.74, 6) is 0.577. The lowest BCUT2D eigenvalue weighted by atomic mass is 10.3. The summed E-state index contributed by atoms with van der Waals surface area (Å²) in [6.45, 7) is 0.902. The number of rotatable bonds is 2. The van der Waals surface area contributed by atoms with E-state index in [1.807, 2.05) is 0 Å². The molecule has 0 radical (unpaired) electrons. The minimum absolute atomic E-state index is 0.00652. The molecular weight excluding hydrogens is 337 g/mol. The number of benzene rings is 1. The molecule has 0 bridgehead atoms. The number of sulfonamides is 1. The van der Waals surface area contributed by atoms with Crippen LogP contribution in [0.15, 0.2) is 23.4 Å². The largest absolute Gasteiger partial charge is 0.398 e. The highest BCUT2D eigenvalue weighted by atomic mass is 35.5. The zero-order valence-electron chi connectivity index (χ0n) is 10.7. The summed E-state index contributed by atoms with van der Waals surface area (Å²) >= 11 is 11.8. The number of halogens is 2. The topological polar surface area (TPSA) is 94.1 Å². The van der Waals surface area contributed by atoms with Crippen LogP contribution in [0.1, 0.15) is 5.82 Å². The van der Waals surface area contributed by atoms with Gasteiger partial charge in [0.25, 0.3) is 0 Å². The van der Waals surface area contributed by atoms with Gasteiger partial charge in [0.05, 0.1) is 17.3 Å². The molecule has 112 valence electrons. The molecule has 0 atom stereocenters. The Morgan fingerprint density at radius 1 is 1.24 bits per heavy atom. The van der Waals surface area contributed by atoms with E-state index in [2.05, 4.69) is 10.2 Å². The van der Waals surface area contributed by atoms with Crippen molar-refractivity contribution in [3.63, 3.8) is 0 Å². The van der Waals surface area contributed by atoms with Crippen molar-refractivity contribution in [1.82, 2.24) is 19.1 Å². The minimum atomic E-state index is -3.82. The molecule has 1 aliphatic rings. The number of aromatic nitrogens is 3. The van der Waals surface area contributed by atoms with Crippen LogP contribution >= 0.6 is 23.2 Å². The Labute approximate surface area is 131 Å². The van der Waals surface area contributed by atoms with Crippen LogP contribution in [0.25, 0.3) is 0 Å². The van der Waals surface area contributed by atoms with Gasteiger partial charge in [0.2, 0.25) is 10.0 Å². The van der Waals surface area contributed by atoms with E-state index in [0.717, 1.165) is 0 Å². The first-order valence-electron chi connectivity index (χ1n) is 6.01. The summed E-state index contributed by atoms with van der Waals surface area (Å²) in [5.41, 5.74) is 5.81. The fourth-order valence-corrected chi connectivity index (χ4v) is 4.56. The van der Waals surface area contributed by atoms with Gasteiger partial charge in [-0.3, -0.25) is 0 Å². The molecule has 2 N–H and O–H groups in total. The van der Waals surface area contributed by atoms with Crippen LogP contribution in [0.3, 0.4) is 0 Å². The van der Waals surface area contributed by atoms with E-state index in [1.54, 1.807) is 10.9 Å². The molecule has 1 aliphatic heterocycles. The molecule has 3 rings (SSSR count). The standard InChI is InChI=1S/C11H11Cl2N5O2S/c12-7-3-8(13)11(9(14)4-7)21(19,20)18-2-1-17-6-15-16-10(17)5-18/h3-4,6H,1-2,5,14H2. The summed E-state index contributed by atoms with van der Waals surface area (Å²) in [6.07, 6.45) is 1.57. The average molecular weight is 348 g/mol. The monoisotopic (exact) mass is 347 g/mol. The molecule has 21 heavy (non-hydrogen) atoms. The first kappa shape index (κ1) is 14.6. The van der Waals surface area contributed by atoms with Crippen LogP contribution in [0, 0.1) is 0 Å². The van der Waals surface area contributed by atoms with Gasteiger partial charge in [-0.15, -0.1) is 10.2 Å². The second-order valence-electron chi connectivity index (χ2n) is 4.59. The molecule has 0 fully saturated rings. The van der Waals surface area contributed by atoms with Crippen molar-refractivity contribution in [3.05, 3.63) is 34.3 Å². The average Bonchev–Trinajstić information content (AvgIpc) is 2.83. The zero-order chi connectivity index (χ0) is 15.2. The summed E-state index contributed by atoms with van der Waals surface area (Å²) in [6, 6.07) is 2.73. The van der Waals surface area contributed by atoms with Crippen LogP contribution < -0.4 is 5.73 Å². The van der Waals surface area contributed by atoms with Crippen LogP contribution in [0.4, 0.5) is 5.69 Å². The van der Waals surface area contributed by atoms with E-state index in [4.69, 9.17) is 28.9 Å². The molecule has 0 saturated heterocycles. The maximum Gasteiger partial charge on any atom is 0.247 e. The Bertz CT molecular complexity index is 782. The molecule has 2 aromatic rings. The quantitative estimate of drug-likeness (QED) is 0.828. The summed E-state index contributed by atoms with van der Waals surface area (Å²) in [4.78, 5) is -0.124. The molecule has 0 aliphatic carbocycles. The van der Waals surface area contributed by atoms with Crippen molar-refractivity contribution in [2.75, 3.05) is 12.3 Å². The van der Waals surface area contributed by atoms with Gasteiger partial charge in [0.15, 0.2) is 0 Å². The number of anilines is 1. The number of fused-ring (bicyclic) bond motifs is 1. The van der Waals surface area contributed by atoms with E-state index < -0.39 is 10.0 Å². The third-order valence-electron chi connectivity index (χ3n) is 3.24. The summed E-state index contributed by atoms with van der Waals surface area (Å²) in [7, 11) is -3.82. The van der Waals surface area contributed by atoms with Gasteiger partial charge in [-0.05, 0) is 12.1 Å². The van der Waals surface area contributed by atoms with Crippen LogP contribution in [0.2, 0.25) is 10.0 Å². The van der Waals surface area contributed by atoms with Gasteiger partial charge in [0, 0.05) is 18.1 Å². The molecule has 1 aromatic carbocycles. The molecule has 10 heteroatoms. The summed E-state index contributed by atoms with van der Waals surface area (Å²) < 4.78 is 28.6. The van der Waals surface area contributed by atoms with E-state index in [9.17, 15) is 8.42 Å². The highest BCUT2D eigenvalue weighted by Crippen LogP contribution is 2.34. The Morgan fingerprint density at radius 3 is 2.71 bits per heavy atom. The Balaban J connectivity index is 2.03. The van der Waals surface area contributed by atoms with Gasteiger partial charge in [-0.1, -0.05) is 23.2 Å². The molecule has 0 unspecified atom stereocenters. The van der Waals surface area contributed by atoms with Crippen LogP contribution in [0.5, 0.6) is 0 Å². The van der Waals surface area contributed by atoms with Crippen molar-refractivity contribution in [1.29, 1.82) is 0 Å². The molecule has 0 spiro atoms. The van der Waals surface area contributed by atoms with E-state index in [0.29, 0.717) is 18.9 Å². The maximum atomic E-state index is 12.7. The van der Waals surface area contributed by atoms with E-state index >= 15 is 0 Å². The Morgan fingerprint density at radius 2 is 2.00 bits per heavy atom. The molecule has 1 aromatic heterocycles. The third kappa shape index (κ3) is 2.48. The van der Waals surface area contributed by atoms with Gasteiger partial charge < -0.3 is 10.3 Å². The maximum absolute atomic E-state index is 12.7. The molecule has 0 saturated carbocycles. The zero-order valence-corrected chi connectivity index (χ0v) is 13.0. The van der Waals surface area contributed by atoms with E-state index in [1.165, 1.54) is 16.4 Å². The van der Waals surface area contributed by atoms with Crippen molar-refractivity contribution >= 4 is 38.9 Å². The Hall–Kier alpha value is -1.35. The van der Waals surface area contributed by atoms with Crippen molar-refractivity contribution in [2.24, 2.45) is 0 Å². The van der Waals surface area contributed by atoms with Crippen molar-refractivity contribution in [2.45, 2.75) is 18.0 Å². The van der Waals surface area contributed by atoms with Gasteiger partial charge >= 0.3 is 0 Å². The normalized spacial score (nSPS) is 15.9. The van der Waals surface area contributed by atoms with Crippen molar-refractivity contribution < 1.29 is 8.42 Å². The molecule has 7 nitrogen and oxygen atoms in total. The predicted octanol–water partition coefficient (Wildman–Crippen LogP) is 1.37. The Kier molecular flexibility index (Phi) is 3.56. The van der Waals surface area contributed by atoms with Crippen molar-refractivity contribution in [3.8, 4) is 0 Å². The predicted molar refractivity (Wildman–Crippen MR) is 78.5 cm³/mol. The summed E-state index contributed by atoms with van der Waals surface area (Å²) in [5, 5.41) is 7.95. The second-order valence-corrected chi connectivity index (χ2v) is 7.30. The number of nitrogen functional groups attached to an aromatic ring is 1. The first-order chi connectivity index (χ1) is 9.89. The number of hydrogen-bond acceptors (Lipinski definition) is 5. The van der Waals surface area contributed by atoms with Gasteiger partial charge in [-0.2, -0.15) is 4.31 Å². The van der Waals surface area contributed by atoms with Gasteiger partial charge in [0.1, 0.15) is 17.0 Å². The smallest absolute Gasteiger partial charge is 0.247 e. The van der Waals surface area contributed by atoms with Crippen LogP contribution in [-0.2, 0) is 23.1 Å². The molecular formula is C11H11Cl2N5O2S. The van der Waals surface area contributed by atoms with Gasteiger partial charge in [-0.25, -0.2) is 8.42 Å². The fraction of sp³-hybridized carbons (Fsp3) is 0.273. The lowest BCUT2D eigenvalue weighted by Gasteiger charge is -2.27. The first-order valence-corrected chi connectivity index (χ1v) is 8.20. The fourth-order valence-electron chi connectivity index (χ4n) is 2.23. The third-order valence-corrected chi connectivity index (χ3v) is 5.83. The number of hydrogen-bond donors (Lipinski definition) is 1. The van der Waals surface area contributed by atoms with Crippen LogP contribution in [-0.4, -0.2) is 34.0 Å². The number of nitrogens with zero attached hydrogens (tertiary/aromatic N) is 4. The molecule has 0 amide bonds. The highest BCUT2D eigenvalue weighted by molar-refractivity contribution is 7.89. The van der Waals surface area contributed by atoms with E-state index in [-0.39, 0.29) is 27.2 Å².